The summed E-state index contributed by atoms with van der Waals surface area (Å²) in [5.41, 5.74) is 0. The Kier molecular flexibility index (Phi) is 8.22. The Morgan fingerprint density at radius 2 is 1.73 bits per heavy atom. The first-order chi connectivity index (χ1) is 7.20. The summed E-state index contributed by atoms with van der Waals surface area (Å²) in [5, 5.41) is 4.85. The van der Waals surface area contributed by atoms with Gasteiger partial charge in [0.2, 0.25) is 0 Å². The minimum atomic E-state index is -0.537. The molecule has 88 valence electrons. The van der Waals surface area contributed by atoms with Gasteiger partial charge in [-0.05, 0) is 6.42 Å². The minimum absolute atomic E-state index is 0.0564. The number of alkyl carbamates (subject to hydrolysis) is 2. The summed E-state index contributed by atoms with van der Waals surface area (Å²) < 4.78 is 9.34. The molecule has 2 N–H and O–H groups in total. The Balaban J connectivity index is 3.27. The van der Waals surface area contributed by atoms with Crippen LogP contribution in [0.1, 0.15) is 19.8 Å². The summed E-state index contributed by atoms with van der Waals surface area (Å²) in [5.74, 6) is 0. The van der Waals surface area contributed by atoms with Crippen molar-refractivity contribution in [3.05, 3.63) is 0 Å². The van der Waals surface area contributed by atoms with E-state index in [-0.39, 0.29) is 13.2 Å². The Hall–Kier alpha value is -1.46. The lowest BCUT2D eigenvalue weighted by atomic mass is 10.3. The highest BCUT2D eigenvalue weighted by molar-refractivity contribution is 5.67. The van der Waals surface area contributed by atoms with E-state index in [1.165, 1.54) is 7.05 Å². The highest BCUT2D eigenvalue weighted by Gasteiger charge is 2.01. The molecular weight excluding hydrogens is 200 g/mol. The van der Waals surface area contributed by atoms with Gasteiger partial charge in [0.15, 0.2) is 0 Å². The first-order valence-electron chi connectivity index (χ1n) is 4.95. The van der Waals surface area contributed by atoms with Gasteiger partial charge in [0.1, 0.15) is 13.2 Å². The number of unbranched alkanes of at least 4 members (excludes halogenated alkanes) is 1. The maximum absolute atomic E-state index is 10.9. The average Bonchev–Trinajstić information content (AvgIpc) is 2.24. The maximum atomic E-state index is 10.9. The molecule has 6 heteroatoms. The number of carbonyl (C=O) groups is 2. The number of hydrogen-bond acceptors (Lipinski definition) is 4. The smallest absolute Gasteiger partial charge is 0.407 e. The molecule has 0 aliphatic heterocycles. The molecule has 6 nitrogen and oxygen atoms in total. The topological polar surface area (TPSA) is 76.7 Å². The van der Waals surface area contributed by atoms with Crippen molar-refractivity contribution >= 4 is 12.2 Å². The minimum Gasteiger partial charge on any atom is -0.446 e. The van der Waals surface area contributed by atoms with E-state index in [9.17, 15) is 9.59 Å². The van der Waals surface area contributed by atoms with E-state index >= 15 is 0 Å². The molecule has 0 aliphatic carbocycles. The molecule has 0 aromatic rings. The molecule has 0 aromatic heterocycles. The van der Waals surface area contributed by atoms with E-state index in [0.29, 0.717) is 6.54 Å². The second-order valence-electron chi connectivity index (χ2n) is 2.80. The standard InChI is InChI=1S/C9H18N2O4/c1-3-4-5-11-9(13)15-7-6-14-8(12)10-2/h3-7H2,1-2H3,(H,10,12)(H,11,13). The molecule has 0 unspecified atom stereocenters. The molecule has 0 bridgehead atoms. The Morgan fingerprint density at radius 3 is 2.27 bits per heavy atom. The fourth-order valence-corrected chi connectivity index (χ4v) is 0.759. The summed E-state index contributed by atoms with van der Waals surface area (Å²) in [6, 6.07) is 0. The van der Waals surface area contributed by atoms with Gasteiger partial charge in [-0.3, -0.25) is 0 Å². The molecule has 0 fully saturated rings. The third-order valence-corrected chi connectivity index (χ3v) is 1.55. The van der Waals surface area contributed by atoms with Gasteiger partial charge >= 0.3 is 12.2 Å². The van der Waals surface area contributed by atoms with Gasteiger partial charge < -0.3 is 20.1 Å². The van der Waals surface area contributed by atoms with Crippen molar-refractivity contribution in [2.45, 2.75) is 19.8 Å². The quantitative estimate of drug-likeness (QED) is 0.648. The highest BCUT2D eigenvalue weighted by atomic mass is 16.6. The SMILES string of the molecule is CCCCNC(=O)OCCOC(=O)NC. The molecule has 0 heterocycles. The molecular formula is C9H18N2O4. The number of hydrogen-bond donors (Lipinski definition) is 2. The molecule has 0 spiro atoms. The van der Waals surface area contributed by atoms with Crippen LogP contribution in [0.25, 0.3) is 0 Å². The Labute approximate surface area is 89.3 Å². The molecule has 0 saturated heterocycles. The predicted molar refractivity (Wildman–Crippen MR) is 54.7 cm³/mol. The lowest BCUT2D eigenvalue weighted by Gasteiger charge is -2.06. The van der Waals surface area contributed by atoms with E-state index < -0.39 is 12.2 Å². The summed E-state index contributed by atoms with van der Waals surface area (Å²) in [6.45, 7) is 2.75. The summed E-state index contributed by atoms with van der Waals surface area (Å²) in [6.07, 6.45) is 0.915. The van der Waals surface area contributed by atoms with Gasteiger partial charge in [-0.25, -0.2) is 9.59 Å². The predicted octanol–water partition coefficient (Wildman–Crippen LogP) is 0.869. The van der Waals surface area contributed by atoms with Gasteiger partial charge in [-0.1, -0.05) is 13.3 Å². The lowest BCUT2D eigenvalue weighted by Crippen LogP contribution is -2.27. The van der Waals surface area contributed by atoms with Crippen molar-refractivity contribution in [1.29, 1.82) is 0 Å². The van der Waals surface area contributed by atoms with Crippen molar-refractivity contribution in [1.82, 2.24) is 10.6 Å². The highest BCUT2D eigenvalue weighted by Crippen LogP contribution is 1.85. The third kappa shape index (κ3) is 8.86. The molecule has 15 heavy (non-hydrogen) atoms. The van der Waals surface area contributed by atoms with Crippen molar-refractivity contribution in [3.8, 4) is 0 Å². The zero-order valence-corrected chi connectivity index (χ0v) is 9.17. The van der Waals surface area contributed by atoms with Crippen molar-refractivity contribution in [3.63, 3.8) is 0 Å². The van der Waals surface area contributed by atoms with E-state index in [1.54, 1.807) is 0 Å². The van der Waals surface area contributed by atoms with Crippen LogP contribution in [0.2, 0.25) is 0 Å². The van der Waals surface area contributed by atoms with Crippen molar-refractivity contribution in [2.75, 3.05) is 26.8 Å². The fourth-order valence-electron chi connectivity index (χ4n) is 0.759. The monoisotopic (exact) mass is 218 g/mol. The molecule has 2 amide bonds. The van der Waals surface area contributed by atoms with Crippen LogP contribution < -0.4 is 10.6 Å². The van der Waals surface area contributed by atoms with Gasteiger partial charge in [0.25, 0.3) is 0 Å². The van der Waals surface area contributed by atoms with E-state index in [2.05, 4.69) is 15.4 Å². The van der Waals surface area contributed by atoms with Crippen LogP contribution >= 0.6 is 0 Å². The van der Waals surface area contributed by atoms with Crippen molar-refractivity contribution < 1.29 is 19.1 Å². The van der Waals surface area contributed by atoms with Crippen LogP contribution in [0.5, 0.6) is 0 Å². The van der Waals surface area contributed by atoms with E-state index in [1.807, 2.05) is 6.92 Å². The van der Waals surface area contributed by atoms with E-state index in [0.717, 1.165) is 12.8 Å². The summed E-state index contributed by atoms with van der Waals surface area (Å²) >= 11 is 0. The second kappa shape index (κ2) is 9.11. The largest absolute Gasteiger partial charge is 0.446 e. The normalized spacial score (nSPS) is 9.20. The summed E-state index contributed by atoms with van der Waals surface area (Å²) in [7, 11) is 1.46. The van der Waals surface area contributed by atoms with Crippen molar-refractivity contribution in [2.24, 2.45) is 0 Å². The van der Waals surface area contributed by atoms with Crippen LogP contribution in [-0.2, 0) is 9.47 Å². The van der Waals surface area contributed by atoms with Crippen LogP contribution in [0.15, 0.2) is 0 Å². The Morgan fingerprint density at radius 1 is 1.13 bits per heavy atom. The lowest BCUT2D eigenvalue weighted by molar-refractivity contribution is 0.0967. The Bertz CT molecular complexity index is 197. The maximum Gasteiger partial charge on any atom is 0.407 e. The number of carbonyl (C=O) groups excluding carboxylic acids is 2. The van der Waals surface area contributed by atoms with Gasteiger partial charge in [-0.2, -0.15) is 0 Å². The molecule has 0 atom stereocenters. The molecule has 0 aliphatic rings. The van der Waals surface area contributed by atoms with Crippen LogP contribution in [0.4, 0.5) is 9.59 Å². The third-order valence-electron chi connectivity index (χ3n) is 1.55. The van der Waals surface area contributed by atoms with Gasteiger partial charge in [0.05, 0.1) is 0 Å². The molecule has 0 rings (SSSR count). The van der Waals surface area contributed by atoms with E-state index in [4.69, 9.17) is 4.74 Å². The first kappa shape index (κ1) is 13.5. The number of amides is 2. The number of ether oxygens (including phenoxy) is 2. The number of rotatable bonds is 6. The zero-order valence-electron chi connectivity index (χ0n) is 9.17. The second-order valence-corrected chi connectivity index (χ2v) is 2.80. The molecule has 0 aromatic carbocycles. The fraction of sp³-hybridized carbons (Fsp3) is 0.778. The average molecular weight is 218 g/mol. The van der Waals surface area contributed by atoms with Crippen LogP contribution in [0.3, 0.4) is 0 Å². The molecule has 0 saturated carbocycles. The zero-order chi connectivity index (χ0) is 11.5. The molecule has 0 radical (unpaired) electrons. The number of nitrogens with one attached hydrogen (secondary N) is 2. The van der Waals surface area contributed by atoms with Gasteiger partial charge in [0, 0.05) is 13.6 Å². The summed E-state index contributed by atoms with van der Waals surface area (Å²) in [4.78, 5) is 21.5. The van der Waals surface area contributed by atoms with Gasteiger partial charge in [-0.15, -0.1) is 0 Å². The van der Waals surface area contributed by atoms with Crippen LogP contribution in [-0.4, -0.2) is 39.0 Å². The van der Waals surface area contributed by atoms with Crippen LogP contribution in [0, 0.1) is 0 Å². The first-order valence-corrected chi connectivity index (χ1v) is 4.95.